The highest BCUT2D eigenvalue weighted by Crippen LogP contribution is 2.08. The van der Waals surface area contributed by atoms with Gasteiger partial charge in [0.25, 0.3) is 0 Å². The number of hydrogen-bond donors (Lipinski definition) is 0. The summed E-state index contributed by atoms with van der Waals surface area (Å²) in [5.74, 6) is 0.297. The number of amides is 1. The molecule has 0 aromatic heterocycles. The molecule has 0 aliphatic carbocycles. The molecule has 0 saturated heterocycles. The van der Waals surface area contributed by atoms with Gasteiger partial charge in [0.2, 0.25) is 5.91 Å². The summed E-state index contributed by atoms with van der Waals surface area (Å²) in [6.07, 6.45) is 9.67. The first-order valence-corrected chi connectivity index (χ1v) is 7.46. The Morgan fingerprint density at radius 3 is 1.82 bits per heavy atom. The van der Waals surface area contributed by atoms with Gasteiger partial charge in [-0.3, -0.25) is 4.79 Å². The van der Waals surface area contributed by atoms with Crippen LogP contribution >= 0.6 is 0 Å². The lowest BCUT2D eigenvalue weighted by atomic mass is 10.1. The van der Waals surface area contributed by atoms with Crippen molar-refractivity contribution in [1.82, 2.24) is 4.90 Å². The van der Waals surface area contributed by atoms with E-state index < -0.39 is 0 Å². The molecule has 17 heavy (non-hydrogen) atoms. The summed E-state index contributed by atoms with van der Waals surface area (Å²) in [6.45, 7) is 9.08. The van der Waals surface area contributed by atoms with Crippen molar-refractivity contribution >= 4 is 5.91 Å². The number of carbonyl (C=O) groups excluding carboxylic acids is 1. The summed E-state index contributed by atoms with van der Waals surface area (Å²) < 4.78 is 0. The van der Waals surface area contributed by atoms with Crippen molar-refractivity contribution in [3.8, 4) is 0 Å². The first-order chi connectivity index (χ1) is 8.22. The Hall–Kier alpha value is -0.530. The van der Waals surface area contributed by atoms with Gasteiger partial charge in [-0.25, -0.2) is 0 Å². The van der Waals surface area contributed by atoms with Crippen molar-refractivity contribution in [2.75, 3.05) is 13.6 Å². The standard InChI is InChI=1S/C13H27NO.C2H6/c1-4-6-7-8-9-10-11-12-13(15)14(3)5-2;1-2/h4-12H2,1-3H3;1-2H3. The van der Waals surface area contributed by atoms with Gasteiger partial charge >= 0.3 is 0 Å². The van der Waals surface area contributed by atoms with E-state index in [1.807, 2.05) is 27.8 Å². The second-order valence-electron chi connectivity index (χ2n) is 4.28. The highest BCUT2D eigenvalue weighted by Gasteiger charge is 2.04. The maximum absolute atomic E-state index is 11.4. The van der Waals surface area contributed by atoms with E-state index in [1.54, 1.807) is 4.90 Å². The third kappa shape index (κ3) is 13.4. The van der Waals surface area contributed by atoms with Gasteiger partial charge < -0.3 is 4.90 Å². The molecule has 0 N–H and O–H groups in total. The molecule has 1 amide bonds. The molecule has 0 unspecified atom stereocenters. The second-order valence-corrected chi connectivity index (χ2v) is 4.28. The van der Waals surface area contributed by atoms with E-state index in [1.165, 1.54) is 38.5 Å². The summed E-state index contributed by atoms with van der Waals surface area (Å²) in [6, 6.07) is 0. The van der Waals surface area contributed by atoms with E-state index in [0.717, 1.165) is 19.4 Å². The maximum Gasteiger partial charge on any atom is 0.222 e. The van der Waals surface area contributed by atoms with Gasteiger partial charge in [0, 0.05) is 20.0 Å². The van der Waals surface area contributed by atoms with Crippen molar-refractivity contribution in [2.45, 2.75) is 79.1 Å². The number of nitrogens with zero attached hydrogens (tertiary/aromatic N) is 1. The third-order valence-corrected chi connectivity index (χ3v) is 2.89. The SMILES string of the molecule is CC.CCCCCCCCCC(=O)N(C)CC. The lowest BCUT2D eigenvalue weighted by Crippen LogP contribution is -2.25. The van der Waals surface area contributed by atoms with E-state index in [4.69, 9.17) is 0 Å². The Morgan fingerprint density at radius 2 is 1.35 bits per heavy atom. The zero-order valence-corrected chi connectivity index (χ0v) is 12.7. The molecule has 0 aromatic rings. The average Bonchev–Trinajstić information content (AvgIpc) is 2.38. The average molecular weight is 243 g/mol. The molecular formula is C15H33NO. The molecule has 0 radical (unpaired) electrons. The Labute approximate surface area is 109 Å². The number of unbranched alkanes of at least 4 members (excludes halogenated alkanes) is 6. The Kier molecular flexibility index (Phi) is 17.1. The first kappa shape index (κ1) is 18.8. The molecule has 0 aliphatic heterocycles. The zero-order chi connectivity index (χ0) is 13.5. The smallest absolute Gasteiger partial charge is 0.222 e. The van der Waals surface area contributed by atoms with Crippen LogP contribution in [0.1, 0.15) is 79.1 Å². The van der Waals surface area contributed by atoms with E-state index in [0.29, 0.717) is 5.91 Å². The van der Waals surface area contributed by atoms with Crippen molar-refractivity contribution in [3.05, 3.63) is 0 Å². The highest BCUT2D eigenvalue weighted by atomic mass is 16.2. The van der Waals surface area contributed by atoms with Crippen LogP contribution in [0.5, 0.6) is 0 Å². The minimum absolute atomic E-state index is 0.297. The van der Waals surface area contributed by atoms with Crippen LogP contribution in [0.25, 0.3) is 0 Å². The topological polar surface area (TPSA) is 20.3 Å². The van der Waals surface area contributed by atoms with Gasteiger partial charge in [-0.05, 0) is 13.3 Å². The van der Waals surface area contributed by atoms with E-state index >= 15 is 0 Å². The molecule has 0 saturated carbocycles. The fourth-order valence-corrected chi connectivity index (χ4v) is 1.60. The molecule has 104 valence electrons. The molecule has 0 atom stereocenters. The molecule has 2 heteroatoms. The Balaban J connectivity index is 0. The summed E-state index contributed by atoms with van der Waals surface area (Å²) in [5.41, 5.74) is 0. The van der Waals surface area contributed by atoms with Gasteiger partial charge in [0.1, 0.15) is 0 Å². The lowest BCUT2D eigenvalue weighted by Gasteiger charge is -2.13. The van der Waals surface area contributed by atoms with Gasteiger partial charge in [-0.1, -0.05) is 59.3 Å². The van der Waals surface area contributed by atoms with Crippen molar-refractivity contribution in [1.29, 1.82) is 0 Å². The summed E-state index contributed by atoms with van der Waals surface area (Å²) in [7, 11) is 1.88. The van der Waals surface area contributed by atoms with Gasteiger partial charge in [0.05, 0.1) is 0 Å². The number of carbonyl (C=O) groups is 1. The number of rotatable bonds is 9. The molecule has 0 rings (SSSR count). The van der Waals surface area contributed by atoms with Crippen LogP contribution in [0.15, 0.2) is 0 Å². The quantitative estimate of drug-likeness (QED) is 0.541. The van der Waals surface area contributed by atoms with E-state index in [-0.39, 0.29) is 0 Å². The Morgan fingerprint density at radius 1 is 0.882 bits per heavy atom. The molecular weight excluding hydrogens is 210 g/mol. The summed E-state index contributed by atoms with van der Waals surface area (Å²) >= 11 is 0. The summed E-state index contributed by atoms with van der Waals surface area (Å²) in [4.78, 5) is 13.2. The summed E-state index contributed by atoms with van der Waals surface area (Å²) in [5, 5.41) is 0. The largest absolute Gasteiger partial charge is 0.346 e. The van der Waals surface area contributed by atoms with Crippen molar-refractivity contribution in [3.63, 3.8) is 0 Å². The van der Waals surface area contributed by atoms with Crippen molar-refractivity contribution < 1.29 is 4.79 Å². The third-order valence-electron chi connectivity index (χ3n) is 2.89. The maximum atomic E-state index is 11.4. The predicted octanol–water partition coefficient (Wildman–Crippen LogP) is 4.63. The predicted molar refractivity (Wildman–Crippen MR) is 77.3 cm³/mol. The molecule has 0 heterocycles. The number of hydrogen-bond acceptors (Lipinski definition) is 1. The molecule has 2 nitrogen and oxygen atoms in total. The molecule has 0 bridgehead atoms. The van der Waals surface area contributed by atoms with Crippen LogP contribution in [0.3, 0.4) is 0 Å². The highest BCUT2D eigenvalue weighted by molar-refractivity contribution is 5.75. The molecule has 0 aliphatic rings. The van der Waals surface area contributed by atoms with Crippen LogP contribution < -0.4 is 0 Å². The monoisotopic (exact) mass is 243 g/mol. The molecule has 0 aromatic carbocycles. The second kappa shape index (κ2) is 15.5. The van der Waals surface area contributed by atoms with Gasteiger partial charge in [0.15, 0.2) is 0 Å². The van der Waals surface area contributed by atoms with E-state index in [2.05, 4.69) is 6.92 Å². The normalized spacial score (nSPS) is 9.47. The molecule has 0 fully saturated rings. The van der Waals surface area contributed by atoms with Crippen LogP contribution in [-0.4, -0.2) is 24.4 Å². The van der Waals surface area contributed by atoms with Gasteiger partial charge in [-0.15, -0.1) is 0 Å². The van der Waals surface area contributed by atoms with Crippen LogP contribution in [-0.2, 0) is 4.79 Å². The first-order valence-electron chi connectivity index (χ1n) is 7.46. The van der Waals surface area contributed by atoms with E-state index in [9.17, 15) is 4.79 Å². The lowest BCUT2D eigenvalue weighted by molar-refractivity contribution is -0.129. The zero-order valence-electron chi connectivity index (χ0n) is 12.7. The van der Waals surface area contributed by atoms with Crippen molar-refractivity contribution in [2.24, 2.45) is 0 Å². The van der Waals surface area contributed by atoms with Crippen LogP contribution in [0, 0.1) is 0 Å². The fraction of sp³-hybridized carbons (Fsp3) is 0.933. The minimum atomic E-state index is 0.297. The van der Waals surface area contributed by atoms with Crippen LogP contribution in [0.2, 0.25) is 0 Å². The molecule has 0 spiro atoms. The Bertz CT molecular complexity index is 157. The fourth-order valence-electron chi connectivity index (χ4n) is 1.60. The minimum Gasteiger partial charge on any atom is -0.346 e. The van der Waals surface area contributed by atoms with Crippen LogP contribution in [0.4, 0.5) is 0 Å². The van der Waals surface area contributed by atoms with Gasteiger partial charge in [-0.2, -0.15) is 0 Å².